The van der Waals surface area contributed by atoms with E-state index in [0.717, 1.165) is 74.6 Å². The number of hydrogen-bond donors (Lipinski definition) is 1. The Labute approximate surface area is 203 Å². The second kappa shape index (κ2) is 10.7. The van der Waals surface area contributed by atoms with Crippen LogP contribution in [0.3, 0.4) is 0 Å². The summed E-state index contributed by atoms with van der Waals surface area (Å²) in [5, 5.41) is 14.0. The van der Waals surface area contributed by atoms with Crippen molar-refractivity contribution in [3.63, 3.8) is 0 Å². The fourth-order valence-electron chi connectivity index (χ4n) is 4.76. The Morgan fingerprint density at radius 2 is 1.79 bits per heavy atom. The number of amides is 1. The molecule has 0 aromatic carbocycles. The minimum atomic E-state index is -0.365. The number of aromatic nitrogens is 1. The highest BCUT2D eigenvalue weighted by molar-refractivity contribution is 8.00. The molecule has 0 saturated heterocycles. The van der Waals surface area contributed by atoms with Crippen molar-refractivity contribution in [3.8, 4) is 6.07 Å². The molecular formula is C25H29N3O3S2. The number of ether oxygens (including phenoxy) is 1. The first kappa shape index (κ1) is 23.8. The highest BCUT2D eigenvalue weighted by Crippen LogP contribution is 2.39. The smallest absolute Gasteiger partial charge is 0.341 e. The topological polar surface area (TPSA) is 92.1 Å². The van der Waals surface area contributed by atoms with Crippen molar-refractivity contribution < 1.29 is 14.3 Å². The zero-order chi connectivity index (χ0) is 23.4. The number of nitrogens with one attached hydrogen (secondary N) is 1. The summed E-state index contributed by atoms with van der Waals surface area (Å²) in [4.78, 5) is 31.5. The Hall–Kier alpha value is -2.37. The van der Waals surface area contributed by atoms with Gasteiger partial charge >= 0.3 is 5.97 Å². The molecule has 0 radical (unpaired) electrons. The standard InChI is InChI=1S/C25H29N3O3S2/c1-3-19-16-10-6-5-9-15(16)18(13-26)23(27-19)32-14-21(29)28-24-22(25(30)31-4-2)17-11-7-8-12-20(17)33-24/h3-12,14H2,1-2H3,(H,28,29). The van der Waals surface area contributed by atoms with E-state index < -0.39 is 0 Å². The van der Waals surface area contributed by atoms with Gasteiger partial charge in [-0.25, -0.2) is 9.78 Å². The van der Waals surface area contributed by atoms with Gasteiger partial charge in [0.25, 0.3) is 0 Å². The maximum atomic E-state index is 12.9. The largest absolute Gasteiger partial charge is 0.462 e. The number of carbonyl (C=O) groups is 2. The summed E-state index contributed by atoms with van der Waals surface area (Å²) in [7, 11) is 0. The molecule has 0 bridgehead atoms. The summed E-state index contributed by atoms with van der Waals surface area (Å²) >= 11 is 2.79. The molecule has 0 spiro atoms. The fourth-order valence-corrected chi connectivity index (χ4v) is 6.88. The molecule has 2 aliphatic carbocycles. The van der Waals surface area contributed by atoms with Gasteiger partial charge in [0.1, 0.15) is 16.1 Å². The number of hydrogen-bond acceptors (Lipinski definition) is 7. The first-order valence-corrected chi connectivity index (χ1v) is 13.6. The molecule has 0 saturated carbocycles. The van der Waals surface area contributed by atoms with Crippen molar-refractivity contribution in [1.82, 2.24) is 4.98 Å². The van der Waals surface area contributed by atoms with Gasteiger partial charge in [0.15, 0.2) is 0 Å². The highest BCUT2D eigenvalue weighted by atomic mass is 32.2. The van der Waals surface area contributed by atoms with Crippen molar-refractivity contribution >= 4 is 40.0 Å². The molecule has 4 rings (SSSR count). The zero-order valence-electron chi connectivity index (χ0n) is 19.2. The number of thioether (sulfide) groups is 1. The number of esters is 1. The number of nitrogens with zero attached hydrogens (tertiary/aromatic N) is 2. The van der Waals surface area contributed by atoms with Crippen LogP contribution in [0.4, 0.5) is 5.00 Å². The van der Waals surface area contributed by atoms with Crippen LogP contribution in [0.1, 0.15) is 82.7 Å². The predicted molar refractivity (Wildman–Crippen MR) is 131 cm³/mol. The van der Waals surface area contributed by atoms with E-state index >= 15 is 0 Å². The summed E-state index contributed by atoms with van der Waals surface area (Å²) in [6.07, 6.45) is 8.82. The minimum absolute atomic E-state index is 0.133. The lowest BCUT2D eigenvalue weighted by Crippen LogP contribution is -2.18. The van der Waals surface area contributed by atoms with E-state index in [1.165, 1.54) is 33.5 Å². The van der Waals surface area contributed by atoms with Crippen LogP contribution in [0.5, 0.6) is 0 Å². The Balaban J connectivity index is 1.54. The molecule has 1 N–H and O–H groups in total. The van der Waals surface area contributed by atoms with Gasteiger partial charge in [0.05, 0.1) is 23.5 Å². The Morgan fingerprint density at radius 1 is 1.09 bits per heavy atom. The fraction of sp³-hybridized carbons (Fsp3) is 0.520. The van der Waals surface area contributed by atoms with Gasteiger partial charge in [0.2, 0.25) is 5.91 Å². The van der Waals surface area contributed by atoms with E-state index in [9.17, 15) is 14.9 Å². The third-order valence-corrected chi connectivity index (χ3v) is 8.44. The number of aryl methyl sites for hydroxylation is 2. The molecule has 2 aromatic heterocycles. The van der Waals surface area contributed by atoms with Crippen LogP contribution >= 0.6 is 23.1 Å². The molecule has 2 aliphatic rings. The molecule has 174 valence electrons. The van der Waals surface area contributed by atoms with Crippen LogP contribution < -0.4 is 5.32 Å². The molecule has 0 fully saturated rings. The van der Waals surface area contributed by atoms with E-state index in [-0.39, 0.29) is 17.6 Å². The van der Waals surface area contributed by atoms with E-state index in [0.29, 0.717) is 27.8 Å². The molecule has 0 aliphatic heterocycles. The van der Waals surface area contributed by atoms with Gasteiger partial charge in [-0.3, -0.25) is 4.79 Å². The summed E-state index contributed by atoms with van der Waals surface area (Å²) in [5.74, 6) is -0.435. The average Bonchev–Trinajstić information content (AvgIpc) is 3.19. The summed E-state index contributed by atoms with van der Waals surface area (Å²) in [5.41, 5.74) is 5.57. The second-order valence-electron chi connectivity index (χ2n) is 8.34. The SMILES string of the molecule is CCOC(=O)c1c(NC(=O)CSc2nc(CC)c3c(c2C#N)CCCC3)sc2c1CCCC2. The van der Waals surface area contributed by atoms with E-state index in [1.807, 2.05) is 0 Å². The first-order valence-electron chi connectivity index (χ1n) is 11.8. The lowest BCUT2D eigenvalue weighted by molar-refractivity contribution is -0.113. The van der Waals surface area contributed by atoms with Crippen LogP contribution in [-0.4, -0.2) is 29.2 Å². The van der Waals surface area contributed by atoms with Crippen LogP contribution in [0.2, 0.25) is 0 Å². The Morgan fingerprint density at radius 3 is 2.48 bits per heavy atom. The van der Waals surface area contributed by atoms with Gasteiger partial charge in [0, 0.05) is 10.6 Å². The zero-order valence-corrected chi connectivity index (χ0v) is 20.8. The van der Waals surface area contributed by atoms with Crippen LogP contribution in [0, 0.1) is 11.3 Å². The predicted octanol–water partition coefficient (Wildman–Crippen LogP) is 5.24. The average molecular weight is 484 g/mol. The molecule has 2 heterocycles. The monoisotopic (exact) mass is 483 g/mol. The third kappa shape index (κ3) is 4.95. The maximum absolute atomic E-state index is 12.9. The molecule has 1 amide bonds. The number of thiophene rings is 1. The van der Waals surface area contributed by atoms with Crippen molar-refractivity contribution in [1.29, 1.82) is 5.26 Å². The number of rotatable bonds is 7. The van der Waals surface area contributed by atoms with Crippen molar-refractivity contribution in [2.45, 2.75) is 76.7 Å². The molecule has 2 aromatic rings. The number of fused-ring (bicyclic) bond motifs is 2. The second-order valence-corrected chi connectivity index (χ2v) is 10.4. The molecule has 0 unspecified atom stereocenters. The quantitative estimate of drug-likeness (QED) is 0.428. The lowest BCUT2D eigenvalue weighted by atomic mass is 9.87. The Kier molecular flexibility index (Phi) is 7.71. The van der Waals surface area contributed by atoms with Gasteiger partial charge in [-0.2, -0.15) is 5.26 Å². The van der Waals surface area contributed by atoms with Crippen molar-refractivity contribution in [3.05, 3.63) is 38.4 Å². The van der Waals surface area contributed by atoms with Gasteiger partial charge in [-0.05, 0) is 81.4 Å². The van der Waals surface area contributed by atoms with Gasteiger partial charge in [-0.1, -0.05) is 18.7 Å². The van der Waals surface area contributed by atoms with E-state index in [1.54, 1.807) is 6.92 Å². The lowest BCUT2D eigenvalue weighted by Gasteiger charge is -2.21. The van der Waals surface area contributed by atoms with Crippen molar-refractivity contribution in [2.24, 2.45) is 0 Å². The molecule has 33 heavy (non-hydrogen) atoms. The minimum Gasteiger partial charge on any atom is -0.462 e. The van der Waals surface area contributed by atoms with Gasteiger partial charge in [-0.15, -0.1) is 11.3 Å². The normalized spacial score (nSPS) is 14.7. The number of pyridine rings is 1. The van der Waals surface area contributed by atoms with Crippen LogP contribution in [0.15, 0.2) is 5.03 Å². The van der Waals surface area contributed by atoms with Crippen LogP contribution in [-0.2, 0) is 41.6 Å². The summed E-state index contributed by atoms with van der Waals surface area (Å²) in [6.45, 7) is 4.17. The van der Waals surface area contributed by atoms with E-state index in [4.69, 9.17) is 9.72 Å². The molecule has 0 atom stereocenters. The maximum Gasteiger partial charge on any atom is 0.341 e. The number of anilines is 1. The van der Waals surface area contributed by atoms with E-state index in [2.05, 4.69) is 18.3 Å². The van der Waals surface area contributed by atoms with Gasteiger partial charge < -0.3 is 10.1 Å². The number of nitriles is 1. The highest BCUT2D eigenvalue weighted by Gasteiger charge is 2.28. The molecule has 8 heteroatoms. The van der Waals surface area contributed by atoms with Crippen molar-refractivity contribution in [2.75, 3.05) is 17.7 Å². The molecular weight excluding hydrogens is 454 g/mol. The van der Waals surface area contributed by atoms with Crippen LogP contribution in [0.25, 0.3) is 0 Å². The number of carbonyl (C=O) groups excluding carboxylic acids is 2. The Bertz CT molecular complexity index is 1120. The third-order valence-electron chi connectivity index (χ3n) is 6.26. The molecule has 6 nitrogen and oxygen atoms in total. The summed E-state index contributed by atoms with van der Waals surface area (Å²) in [6, 6.07) is 2.35. The summed E-state index contributed by atoms with van der Waals surface area (Å²) < 4.78 is 5.28. The first-order chi connectivity index (χ1) is 16.1.